The van der Waals surface area contributed by atoms with Gasteiger partial charge in [-0.3, -0.25) is 9.52 Å². The summed E-state index contributed by atoms with van der Waals surface area (Å²) in [6, 6.07) is 13.3. The summed E-state index contributed by atoms with van der Waals surface area (Å²) in [7, 11) is -3.68. The van der Waals surface area contributed by atoms with Crippen LogP contribution in [0.1, 0.15) is 35.7 Å². The third-order valence-corrected chi connectivity index (χ3v) is 6.06. The predicted octanol–water partition coefficient (Wildman–Crippen LogP) is 3.67. The van der Waals surface area contributed by atoms with Gasteiger partial charge in [-0.25, -0.2) is 8.42 Å². The normalized spacial score (nSPS) is 17.8. The standard InChI is InChI=1S/C20H24N2O3S/c1-15-5-9-18(10-6-15)21-26(24,25)19-11-7-17(8-12-19)20(23)22-13-3-4-16(2)14-22/h5-12,16,21H,3-4,13-14H2,1-2H3/t16-/m1/s1. The van der Waals surface area contributed by atoms with Crippen LogP contribution in [0.25, 0.3) is 0 Å². The van der Waals surface area contributed by atoms with Crippen molar-refractivity contribution in [3.63, 3.8) is 0 Å². The Morgan fingerprint density at radius 1 is 1.08 bits per heavy atom. The molecule has 5 nitrogen and oxygen atoms in total. The van der Waals surface area contributed by atoms with E-state index in [0.29, 0.717) is 17.2 Å². The number of sulfonamides is 1. The van der Waals surface area contributed by atoms with Crippen LogP contribution in [-0.4, -0.2) is 32.3 Å². The van der Waals surface area contributed by atoms with Gasteiger partial charge in [0, 0.05) is 24.3 Å². The molecule has 1 amide bonds. The van der Waals surface area contributed by atoms with E-state index in [1.807, 2.05) is 24.0 Å². The van der Waals surface area contributed by atoms with Crippen molar-refractivity contribution in [1.29, 1.82) is 0 Å². The van der Waals surface area contributed by atoms with Gasteiger partial charge in [-0.05, 0) is 62.1 Å². The fourth-order valence-corrected chi connectivity index (χ4v) is 4.23. The molecule has 0 bridgehead atoms. The van der Waals surface area contributed by atoms with Gasteiger partial charge in [0.2, 0.25) is 0 Å². The molecule has 0 spiro atoms. The Balaban J connectivity index is 1.73. The SMILES string of the molecule is Cc1ccc(NS(=O)(=O)c2ccc(C(=O)N3CCC[C@@H](C)C3)cc2)cc1. The van der Waals surface area contributed by atoms with Crippen molar-refractivity contribution < 1.29 is 13.2 Å². The molecule has 1 aliphatic rings. The van der Waals surface area contributed by atoms with Crippen LogP contribution in [0.15, 0.2) is 53.4 Å². The number of piperidine rings is 1. The van der Waals surface area contributed by atoms with E-state index in [-0.39, 0.29) is 10.8 Å². The number of hydrogen-bond donors (Lipinski definition) is 1. The Kier molecular flexibility index (Phi) is 5.32. The van der Waals surface area contributed by atoms with E-state index in [4.69, 9.17) is 0 Å². The molecule has 0 radical (unpaired) electrons. The highest BCUT2D eigenvalue weighted by molar-refractivity contribution is 7.92. The quantitative estimate of drug-likeness (QED) is 0.890. The second-order valence-electron chi connectivity index (χ2n) is 6.99. The zero-order valence-corrected chi connectivity index (χ0v) is 15.9. The maximum atomic E-state index is 12.6. The molecule has 0 unspecified atom stereocenters. The predicted molar refractivity (Wildman–Crippen MR) is 103 cm³/mol. The highest BCUT2D eigenvalue weighted by Crippen LogP contribution is 2.20. The van der Waals surface area contributed by atoms with Crippen LogP contribution < -0.4 is 4.72 Å². The molecule has 1 heterocycles. The van der Waals surface area contributed by atoms with E-state index < -0.39 is 10.0 Å². The van der Waals surface area contributed by atoms with E-state index in [9.17, 15) is 13.2 Å². The number of likely N-dealkylation sites (tertiary alicyclic amines) is 1. The zero-order chi connectivity index (χ0) is 18.7. The molecule has 0 aliphatic carbocycles. The summed E-state index contributed by atoms with van der Waals surface area (Å²) in [5, 5.41) is 0. The van der Waals surface area contributed by atoms with Crippen molar-refractivity contribution >= 4 is 21.6 Å². The van der Waals surface area contributed by atoms with Crippen molar-refractivity contribution in [3.8, 4) is 0 Å². The lowest BCUT2D eigenvalue weighted by atomic mass is 9.99. The van der Waals surface area contributed by atoms with Crippen molar-refractivity contribution in [3.05, 3.63) is 59.7 Å². The first-order valence-corrected chi connectivity index (χ1v) is 10.3. The second-order valence-corrected chi connectivity index (χ2v) is 8.68. The molecule has 138 valence electrons. The topological polar surface area (TPSA) is 66.5 Å². The van der Waals surface area contributed by atoms with Crippen molar-refractivity contribution in [2.45, 2.75) is 31.6 Å². The molecule has 1 fully saturated rings. The fraction of sp³-hybridized carbons (Fsp3) is 0.350. The first kappa shape index (κ1) is 18.5. The van der Waals surface area contributed by atoms with Crippen molar-refractivity contribution in [2.24, 2.45) is 5.92 Å². The van der Waals surface area contributed by atoms with Crippen molar-refractivity contribution in [2.75, 3.05) is 17.8 Å². The summed E-state index contributed by atoms with van der Waals surface area (Å²) in [5.41, 5.74) is 2.09. The molecular formula is C20H24N2O3S. The van der Waals surface area contributed by atoms with Gasteiger partial charge in [0.1, 0.15) is 0 Å². The average Bonchev–Trinajstić information content (AvgIpc) is 2.63. The van der Waals surface area contributed by atoms with E-state index in [1.54, 1.807) is 24.3 Å². The number of amides is 1. The summed E-state index contributed by atoms with van der Waals surface area (Å²) >= 11 is 0. The van der Waals surface area contributed by atoms with Gasteiger partial charge < -0.3 is 4.90 Å². The number of nitrogens with zero attached hydrogens (tertiary/aromatic N) is 1. The molecule has 0 saturated carbocycles. The molecule has 1 atom stereocenters. The smallest absolute Gasteiger partial charge is 0.261 e. The van der Waals surface area contributed by atoms with Crippen LogP contribution in [0.4, 0.5) is 5.69 Å². The van der Waals surface area contributed by atoms with E-state index in [1.165, 1.54) is 12.1 Å². The van der Waals surface area contributed by atoms with Gasteiger partial charge in [0.25, 0.3) is 15.9 Å². The van der Waals surface area contributed by atoms with Crippen LogP contribution in [0.3, 0.4) is 0 Å². The Bertz CT molecular complexity index is 874. The molecule has 2 aromatic rings. The third kappa shape index (κ3) is 4.25. The Labute approximate surface area is 155 Å². The van der Waals surface area contributed by atoms with Gasteiger partial charge in [-0.1, -0.05) is 24.6 Å². The summed E-state index contributed by atoms with van der Waals surface area (Å²) < 4.78 is 27.6. The Hall–Kier alpha value is -2.34. The monoisotopic (exact) mass is 372 g/mol. The molecule has 0 aromatic heterocycles. The molecular weight excluding hydrogens is 348 g/mol. The minimum Gasteiger partial charge on any atom is -0.338 e. The molecule has 1 saturated heterocycles. The summed E-state index contributed by atoms with van der Waals surface area (Å²) in [6.45, 7) is 5.61. The lowest BCUT2D eigenvalue weighted by Crippen LogP contribution is -2.39. The summed E-state index contributed by atoms with van der Waals surface area (Å²) in [6.07, 6.45) is 2.16. The number of aryl methyl sites for hydroxylation is 1. The number of anilines is 1. The van der Waals surface area contributed by atoms with E-state index in [0.717, 1.165) is 31.5 Å². The molecule has 3 rings (SSSR count). The van der Waals surface area contributed by atoms with Gasteiger partial charge in [-0.15, -0.1) is 0 Å². The van der Waals surface area contributed by atoms with Crippen LogP contribution in [0.5, 0.6) is 0 Å². The number of carbonyl (C=O) groups is 1. The minimum absolute atomic E-state index is 0.0352. The van der Waals surface area contributed by atoms with Crippen LogP contribution >= 0.6 is 0 Å². The van der Waals surface area contributed by atoms with Gasteiger partial charge in [-0.2, -0.15) is 0 Å². The highest BCUT2D eigenvalue weighted by Gasteiger charge is 2.22. The molecule has 1 aliphatic heterocycles. The maximum Gasteiger partial charge on any atom is 0.261 e. The average molecular weight is 372 g/mol. The molecule has 26 heavy (non-hydrogen) atoms. The van der Waals surface area contributed by atoms with E-state index >= 15 is 0 Å². The molecule has 1 N–H and O–H groups in total. The Morgan fingerprint density at radius 2 is 1.73 bits per heavy atom. The minimum atomic E-state index is -3.68. The number of nitrogens with one attached hydrogen (secondary N) is 1. The van der Waals surface area contributed by atoms with E-state index in [2.05, 4.69) is 11.6 Å². The molecule has 6 heteroatoms. The first-order valence-electron chi connectivity index (χ1n) is 8.84. The maximum absolute atomic E-state index is 12.6. The van der Waals surface area contributed by atoms with Crippen LogP contribution in [0.2, 0.25) is 0 Å². The highest BCUT2D eigenvalue weighted by atomic mass is 32.2. The zero-order valence-electron chi connectivity index (χ0n) is 15.1. The van der Waals surface area contributed by atoms with Gasteiger partial charge >= 0.3 is 0 Å². The number of rotatable bonds is 4. The van der Waals surface area contributed by atoms with Gasteiger partial charge in [0.05, 0.1) is 4.90 Å². The van der Waals surface area contributed by atoms with Crippen LogP contribution in [-0.2, 0) is 10.0 Å². The Morgan fingerprint density at radius 3 is 2.35 bits per heavy atom. The first-order chi connectivity index (χ1) is 12.3. The summed E-state index contributed by atoms with van der Waals surface area (Å²) in [4.78, 5) is 14.6. The largest absolute Gasteiger partial charge is 0.338 e. The van der Waals surface area contributed by atoms with Crippen molar-refractivity contribution in [1.82, 2.24) is 4.90 Å². The van der Waals surface area contributed by atoms with Crippen LogP contribution in [0, 0.1) is 12.8 Å². The summed E-state index contributed by atoms with van der Waals surface area (Å²) in [5.74, 6) is 0.470. The number of hydrogen-bond acceptors (Lipinski definition) is 3. The lowest BCUT2D eigenvalue weighted by molar-refractivity contribution is 0.0683. The lowest BCUT2D eigenvalue weighted by Gasteiger charge is -2.31. The van der Waals surface area contributed by atoms with Gasteiger partial charge in [0.15, 0.2) is 0 Å². The number of benzene rings is 2. The third-order valence-electron chi connectivity index (χ3n) is 4.66. The molecule has 2 aromatic carbocycles. The number of carbonyl (C=O) groups excluding carboxylic acids is 1. The fourth-order valence-electron chi connectivity index (χ4n) is 3.17. The second kappa shape index (κ2) is 7.50.